The van der Waals surface area contributed by atoms with Crippen molar-refractivity contribution in [3.63, 3.8) is 0 Å². The zero-order chi connectivity index (χ0) is 19.8. The molecule has 146 valence electrons. The quantitative estimate of drug-likeness (QED) is 0.729. The number of carbonyl (C=O) groups excluding carboxylic acids is 1. The van der Waals surface area contributed by atoms with Gasteiger partial charge in [-0.3, -0.25) is 14.2 Å². The highest BCUT2D eigenvalue weighted by atomic mass is 32.1. The average Bonchev–Trinajstić information content (AvgIpc) is 3.02. The molecule has 1 amide bonds. The molecular formula is C21H22FN3O2S. The molecule has 1 aromatic carbocycles. The number of hydrogen-bond acceptors (Lipinski definition) is 4. The predicted molar refractivity (Wildman–Crippen MR) is 108 cm³/mol. The van der Waals surface area contributed by atoms with Crippen LogP contribution in [0, 0.1) is 11.7 Å². The SMILES string of the molecule is C[C@@H]1CCc2c(sc3ncn(CC(=O)N[C@@H](C)c4ccc(F)cc4)c(=O)c23)C1. The summed E-state index contributed by atoms with van der Waals surface area (Å²) < 4.78 is 14.4. The van der Waals surface area contributed by atoms with Crippen molar-refractivity contribution in [3.05, 3.63) is 62.8 Å². The summed E-state index contributed by atoms with van der Waals surface area (Å²) in [7, 11) is 0. The van der Waals surface area contributed by atoms with Crippen LogP contribution in [0.3, 0.4) is 0 Å². The zero-order valence-corrected chi connectivity index (χ0v) is 16.7. The third kappa shape index (κ3) is 3.58. The summed E-state index contributed by atoms with van der Waals surface area (Å²) in [6.07, 6.45) is 4.41. The Morgan fingerprint density at radius 3 is 2.89 bits per heavy atom. The summed E-state index contributed by atoms with van der Waals surface area (Å²) in [5.74, 6) is 0.0287. The van der Waals surface area contributed by atoms with Gasteiger partial charge in [0.25, 0.3) is 5.56 Å². The largest absolute Gasteiger partial charge is 0.348 e. The molecule has 7 heteroatoms. The second-order valence-corrected chi connectivity index (χ2v) is 8.63. The molecule has 0 saturated heterocycles. The second kappa shape index (κ2) is 7.47. The Kier molecular flexibility index (Phi) is 5.02. The molecule has 2 heterocycles. The number of aryl methyl sites for hydroxylation is 1. The van der Waals surface area contributed by atoms with Gasteiger partial charge in [0.1, 0.15) is 17.2 Å². The van der Waals surface area contributed by atoms with E-state index in [4.69, 9.17) is 0 Å². The highest BCUT2D eigenvalue weighted by Gasteiger charge is 2.23. The third-order valence-corrected chi connectivity index (χ3v) is 6.51. The first-order chi connectivity index (χ1) is 13.4. The molecule has 0 saturated carbocycles. The normalized spacial score (nSPS) is 17.3. The van der Waals surface area contributed by atoms with Crippen LogP contribution in [0.25, 0.3) is 10.2 Å². The number of halogens is 1. The Balaban J connectivity index is 1.54. The summed E-state index contributed by atoms with van der Waals surface area (Å²) in [5, 5.41) is 3.53. The first-order valence-corrected chi connectivity index (χ1v) is 10.3. The highest BCUT2D eigenvalue weighted by Crippen LogP contribution is 2.35. The number of nitrogens with one attached hydrogen (secondary N) is 1. The maximum absolute atomic E-state index is 13.1. The van der Waals surface area contributed by atoms with Gasteiger partial charge in [0, 0.05) is 4.88 Å². The Labute approximate surface area is 166 Å². The molecule has 2 atom stereocenters. The number of thiophene rings is 1. The van der Waals surface area contributed by atoms with Crippen LogP contribution in [0.1, 0.15) is 42.3 Å². The first kappa shape index (κ1) is 18.8. The van der Waals surface area contributed by atoms with Crippen LogP contribution in [0.2, 0.25) is 0 Å². The van der Waals surface area contributed by atoms with Gasteiger partial charge in [-0.25, -0.2) is 9.37 Å². The van der Waals surface area contributed by atoms with Gasteiger partial charge in [-0.05, 0) is 55.4 Å². The van der Waals surface area contributed by atoms with Crippen molar-refractivity contribution in [2.75, 3.05) is 0 Å². The fourth-order valence-electron chi connectivity index (χ4n) is 3.76. The number of aromatic nitrogens is 2. The summed E-state index contributed by atoms with van der Waals surface area (Å²) in [6, 6.07) is 5.72. The lowest BCUT2D eigenvalue weighted by atomic mass is 9.89. The maximum atomic E-state index is 13.1. The van der Waals surface area contributed by atoms with Crippen LogP contribution < -0.4 is 10.9 Å². The number of hydrogen-bond donors (Lipinski definition) is 1. The predicted octanol–water partition coefficient (Wildman–Crippen LogP) is 3.60. The molecule has 0 radical (unpaired) electrons. The fourth-order valence-corrected chi connectivity index (χ4v) is 5.10. The van der Waals surface area contributed by atoms with Gasteiger partial charge in [-0.2, -0.15) is 0 Å². The molecule has 0 aliphatic heterocycles. The van der Waals surface area contributed by atoms with Crippen molar-refractivity contribution >= 4 is 27.5 Å². The van der Waals surface area contributed by atoms with Crippen molar-refractivity contribution in [2.45, 2.75) is 45.7 Å². The van der Waals surface area contributed by atoms with Crippen LogP contribution in [0.15, 0.2) is 35.4 Å². The lowest BCUT2D eigenvalue weighted by Crippen LogP contribution is -2.34. The van der Waals surface area contributed by atoms with Crippen LogP contribution in [-0.2, 0) is 24.2 Å². The van der Waals surface area contributed by atoms with E-state index in [1.165, 1.54) is 27.9 Å². The van der Waals surface area contributed by atoms with Gasteiger partial charge >= 0.3 is 0 Å². The van der Waals surface area contributed by atoms with Crippen LogP contribution in [-0.4, -0.2) is 15.5 Å². The minimum Gasteiger partial charge on any atom is -0.348 e. The topological polar surface area (TPSA) is 64.0 Å². The first-order valence-electron chi connectivity index (χ1n) is 9.47. The van der Waals surface area contributed by atoms with E-state index >= 15 is 0 Å². The Bertz CT molecular complexity index is 1090. The molecule has 0 spiro atoms. The van der Waals surface area contributed by atoms with Gasteiger partial charge in [-0.15, -0.1) is 11.3 Å². The molecule has 4 rings (SSSR count). The summed E-state index contributed by atoms with van der Waals surface area (Å²) >= 11 is 1.60. The average molecular weight is 399 g/mol. The monoisotopic (exact) mass is 399 g/mol. The number of nitrogens with zero attached hydrogens (tertiary/aromatic N) is 2. The van der Waals surface area contributed by atoms with E-state index in [2.05, 4.69) is 17.2 Å². The Morgan fingerprint density at radius 2 is 2.14 bits per heavy atom. The van der Waals surface area contributed by atoms with Gasteiger partial charge in [-0.1, -0.05) is 19.1 Å². The standard InChI is InChI=1S/C21H22FN3O2S/c1-12-3-8-16-17(9-12)28-20-19(16)21(27)25(11-23-20)10-18(26)24-13(2)14-4-6-15(22)7-5-14/h4-7,11-13H,3,8-10H2,1-2H3,(H,24,26)/t12-,13+/m1/s1. The molecule has 1 N–H and O–H groups in total. The van der Waals surface area contributed by atoms with E-state index in [1.54, 1.807) is 23.5 Å². The second-order valence-electron chi connectivity index (χ2n) is 7.55. The molecule has 1 aliphatic carbocycles. The van der Waals surface area contributed by atoms with E-state index in [0.29, 0.717) is 11.3 Å². The molecule has 0 fully saturated rings. The third-order valence-electron chi connectivity index (χ3n) is 5.34. The van der Waals surface area contributed by atoms with Crippen molar-refractivity contribution in [3.8, 4) is 0 Å². The fraction of sp³-hybridized carbons (Fsp3) is 0.381. The van der Waals surface area contributed by atoms with Crippen LogP contribution >= 0.6 is 11.3 Å². The molecule has 1 aliphatic rings. The smallest absolute Gasteiger partial charge is 0.262 e. The van der Waals surface area contributed by atoms with Crippen molar-refractivity contribution < 1.29 is 9.18 Å². The number of amides is 1. The van der Waals surface area contributed by atoms with Crippen molar-refractivity contribution in [2.24, 2.45) is 5.92 Å². The number of rotatable bonds is 4. The van der Waals surface area contributed by atoms with Gasteiger partial charge in [0.05, 0.1) is 17.8 Å². The van der Waals surface area contributed by atoms with E-state index in [9.17, 15) is 14.0 Å². The molecule has 0 bridgehead atoms. The molecule has 3 aromatic rings. The molecule has 0 unspecified atom stereocenters. The van der Waals surface area contributed by atoms with Crippen molar-refractivity contribution in [1.29, 1.82) is 0 Å². The minimum absolute atomic E-state index is 0.0890. The zero-order valence-electron chi connectivity index (χ0n) is 15.9. The summed E-state index contributed by atoms with van der Waals surface area (Å²) in [6.45, 7) is 3.96. The Morgan fingerprint density at radius 1 is 1.39 bits per heavy atom. The number of fused-ring (bicyclic) bond motifs is 3. The van der Waals surface area contributed by atoms with Gasteiger partial charge in [0.2, 0.25) is 5.91 Å². The van der Waals surface area contributed by atoms with Gasteiger partial charge in [0.15, 0.2) is 0 Å². The summed E-state index contributed by atoms with van der Waals surface area (Å²) in [4.78, 5) is 31.9. The lowest BCUT2D eigenvalue weighted by Gasteiger charge is -2.17. The van der Waals surface area contributed by atoms with Gasteiger partial charge < -0.3 is 5.32 Å². The van der Waals surface area contributed by atoms with Crippen molar-refractivity contribution in [1.82, 2.24) is 14.9 Å². The molecule has 5 nitrogen and oxygen atoms in total. The summed E-state index contributed by atoms with van der Waals surface area (Å²) in [5.41, 5.74) is 1.77. The minimum atomic E-state index is -0.318. The van der Waals surface area contributed by atoms with E-state index in [0.717, 1.165) is 35.2 Å². The number of carbonyl (C=O) groups is 1. The van der Waals surface area contributed by atoms with E-state index in [-0.39, 0.29) is 29.9 Å². The molecular weight excluding hydrogens is 377 g/mol. The maximum Gasteiger partial charge on any atom is 0.262 e. The molecule has 28 heavy (non-hydrogen) atoms. The number of benzene rings is 1. The van der Waals surface area contributed by atoms with E-state index in [1.807, 2.05) is 6.92 Å². The molecule has 2 aromatic heterocycles. The van der Waals surface area contributed by atoms with Crippen LogP contribution in [0.5, 0.6) is 0 Å². The van der Waals surface area contributed by atoms with E-state index < -0.39 is 0 Å². The highest BCUT2D eigenvalue weighted by molar-refractivity contribution is 7.18. The lowest BCUT2D eigenvalue weighted by molar-refractivity contribution is -0.122. The Hall–Kier alpha value is -2.54. The van der Waals surface area contributed by atoms with Crippen LogP contribution in [0.4, 0.5) is 4.39 Å².